The van der Waals surface area contributed by atoms with Crippen molar-refractivity contribution in [2.45, 2.75) is 0 Å². The van der Waals surface area contributed by atoms with Gasteiger partial charge in [0.25, 0.3) is 0 Å². The maximum atomic E-state index is 0. The number of hydrogen-bond acceptors (Lipinski definition) is 0. The average Bonchev–Trinajstić information content (AvgIpc) is 0. The molecule has 0 saturated carbocycles. The van der Waals surface area contributed by atoms with Gasteiger partial charge in [-0.3, -0.25) is 0 Å². The van der Waals surface area contributed by atoms with Crippen molar-refractivity contribution < 1.29 is 17.1 Å². The summed E-state index contributed by atoms with van der Waals surface area (Å²) >= 11 is 0. The van der Waals surface area contributed by atoms with Crippen LogP contribution in [0.4, 0.5) is 0 Å². The van der Waals surface area contributed by atoms with E-state index in [0.29, 0.717) is 0 Å². The van der Waals surface area contributed by atoms with Gasteiger partial charge in [-0.05, 0) is 0 Å². The molecule has 0 nitrogen and oxygen atoms in total. The van der Waals surface area contributed by atoms with E-state index in [1.165, 1.54) is 0 Å². The molecular formula is H8CuGaInS. The van der Waals surface area contributed by atoms with Gasteiger partial charge in [0.15, 0.2) is 0 Å². The molecule has 0 aliphatic heterocycles. The van der Waals surface area contributed by atoms with Crippen LogP contribution in [0.15, 0.2) is 0 Å². The fourth-order valence-electron chi connectivity index (χ4n) is 0. The zero-order chi connectivity index (χ0) is 0. The van der Waals surface area contributed by atoms with Gasteiger partial charge in [-0.1, -0.05) is 0 Å². The summed E-state index contributed by atoms with van der Waals surface area (Å²) in [5.74, 6) is 0. The van der Waals surface area contributed by atoms with Crippen LogP contribution in [0, 0.1) is 0 Å². The SMILES string of the molecule is S.[Cu].[GaH3].[InH3]. The van der Waals surface area contributed by atoms with Crippen LogP contribution in [0.25, 0.3) is 0 Å². The van der Waals surface area contributed by atoms with Crippen molar-refractivity contribution in [3.8, 4) is 0 Å². The molecule has 0 rings (SSSR count). The van der Waals surface area contributed by atoms with Crippen molar-refractivity contribution in [3.05, 3.63) is 0 Å². The molecule has 0 fully saturated rings. The van der Waals surface area contributed by atoms with E-state index in [9.17, 15) is 0 Å². The molecule has 4 heavy (non-hydrogen) atoms. The van der Waals surface area contributed by atoms with Gasteiger partial charge in [-0.2, -0.15) is 13.5 Å². The second kappa shape index (κ2) is 18.2. The fourth-order valence-corrected chi connectivity index (χ4v) is 0. The summed E-state index contributed by atoms with van der Waals surface area (Å²) in [6.07, 6.45) is 0. The third-order valence-electron chi connectivity index (χ3n) is 0. The van der Waals surface area contributed by atoms with Crippen molar-refractivity contribution >= 4 is 59.1 Å². The molecule has 0 aromatic heterocycles. The van der Waals surface area contributed by atoms with Crippen LogP contribution in [0.2, 0.25) is 0 Å². The Morgan fingerprint density at radius 1 is 1.00 bits per heavy atom. The van der Waals surface area contributed by atoms with E-state index in [0.717, 1.165) is 0 Å². The molecule has 1 radical (unpaired) electrons. The molecule has 0 N–H and O–H groups in total. The van der Waals surface area contributed by atoms with Crippen molar-refractivity contribution in [3.63, 3.8) is 0 Å². The molecule has 0 saturated heterocycles. The van der Waals surface area contributed by atoms with Crippen LogP contribution < -0.4 is 0 Å². The number of hydrogen-bond donors (Lipinski definition) is 0. The first-order valence-corrected chi connectivity index (χ1v) is 0. The molecule has 31 valence electrons. The third kappa shape index (κ3) is 8.83. The molecule has 0 aromatic carbocycles. The first-order chi connectivity index (χ1) is 0. The summed E-state index contributed by atoms with van der Waals surface area (Å²) in [6, 6.07) is 0. The summed E-state index contributed by atoms with van der Waals surface area (Å²) in [4.78, 5) is 0. The zero-order valence-corrected chi connectivity index (χ0v) is 2.74. The van der Waals surface area contributed by atoms with Crippen LogP contribution in [0.3, 0.4) is 0 Å². The van der Waals surface area contributed by atoms with Gasteiger partial charge in [-0.15, -0.1) is 0 Å². The van der Waals surface area contributed by atoms with E-state index in [1.54, 1.807) is 0 Å². The summed E-state index contributed by atoms with van der Waals surface area (Å²) in [5, 5.41) is 0. The fraction of sp³-hybridized carbons (Fsp3) is 0. The van der Waals surface area contributed by atoms with Crippen molar-refractivity contribution in [1.29, 1.82) is 0 Å². The molecule has 0 unspecified atom stereocenters. The van der Waals surface area contributed by atoms with Crippen LogP contribution in [0.5, 0.6) is 0 Å². The van der Waals surface area contributed by atoms with Gasteiger partial charge in [0.1, 0.15) is 0 Å². The Labute approximate surface area is 75.2 Å². The molecule has 0 spiro atoms. The standard InChI is InChI=1S/Cu.Ga.In.H2S.6H/h;;;1H2;;;;;;. The van der Waals surface area contributed by atoms with E-state index >= 15 is 0 Å². The van der Waals surface area contributed by atoms with E-state index in [4.69, 9.17) is 0 Å². The molecule has 0 aromatic rings. The third-order valence-corrected chi connectivity index (χ3v) is 0. The Morgan fingerprint density at radius 3 is 1.00 bits per heavy atom. The Balaban J connectivity index is 0. The summed E-state index contributed by atoms with van der Waals surface area (Å²) in [6.45, 7) is 0. The molecule has 0 aliphatic rings. The molecule has 0 bridgehead atoms. The Morgan fingerprint density at radius 2 is 1.00 bits per heavy atom. The first kappa shape index (κ1) is 32.6. The van der Waals surface area contributed by atoms with Crippen LogP contribution >= 0.6 is 13.5 Å². The molecule has 4 heteroatoms. The predicted molar refractivity (Wildman–Crippen MR) is 30.3 cm³/mol. The first-order valence-electron chi connectivity index (χ1n) is 0. The number of rotatable bonds is 0. The van der Waals surface area contributed by atoms with Gasteiger partial charge < -0.3 is 0 Å². The minimum atomic E-state index is 0. The topological polar surface area (TPSA) is 0 Å². The Bertz CT molecular complexity index is 8.00. The van der Waals surface area contributed by atoms with Gasteiger partial charge in [0.05, 0.1) is 0 Å². The molecular weight excluding hydrogens is 280 g/mol. The van der Waals surface area contributed by atoms with Crippen LogP contribution in [-0.4, -0.2) is 45.6 Å². The maximum absolute atomic E-state index is 0. The van der Waals surface area contributed by atoms with Crippen molar-refractivity contribution in [1.82, 2.24) is 0 Å². The summed E-state index contributed by atoms with van der Waals surface area (Å²) < 4.78 is 0. The average molecular weight is 288 g/mol. The second-order valence-corrected chi connectivity index (χ2v) is 0. The predicted octanol–water partition coefficient (Wildman–Crippen LogP) is -2.26. The quantitative estimate of drug-likeness (QED) is 0.442. The van der Waals surface area contributed by atoms with Gasteiger partial charge in [0, 0.05) is 17.1 Å². The minimum absolute atomic E-state index is 0. The van der Waals surface area contributed by atoms with Gasteiger partial charge in [-0.25, -0.2) is 0 Å². The Kier molecular flexibility index (Phi) is 149. The second-order valence-electron chi connectivity index (χ2n) is 0. The van der Waals surface area contributed by atoms with Gasteiger partial charge >= 0.3 is 45.6 Å². The summed E-state index contributed by atoms with van der Waals surface area (Å²) in [5.41, 5.74) is 0. The molecule has 0 aliphatic carbocycles. The van der Waals surface area contributed by atoms with E-state index in [1.807, 2.05) is 0 Å². The van der Waals surface area contributed by atoms with Crippen molar-refractivity contribution in [2.24, 2.45) is 0 Å². The van der Waals surface area contributed by atoms with Crippen LogP contribution in [-0.2, 0) is 17.1 Å². The molecule has 0 heterocycles. The van der Waals surface area contributed by atoms with E-state index in [-0.39, 0.29) is 76.2 Å². The monoisotopic (exact) mass is 287 g/mol. The summed E-state index contributed by atoms with van der Waals surface area (Å²) in [7, 11) is 0. The van der Waals surface area contributed by atoms with Gasteiger partial charge in [0.2, 0.25) is 0 Å². The Hall–Kier alpha value is 2.38. The van der Waals surface area contributed by atoms with Crippen molar-refractivity contribution in [2.75, 3.05) is 0 Å². The van der Waals surface area contributed by atoms with E-state index < -0.39 is 0 Å². The van der Waals surface area contributed by atoms with Crippen LogP contribution in [0.1, 0.15) is 0 Å². The molecule has 0 atom stereocenters. The van der Waals surface area contributed by atoms with E-state index in [2.05, 4.69) is 0 Å². The normalized spacial score (nSPS) is 0. The molecule has 0 amide bonds. The zero-order valence-electron chi connectivity index (χ0n) is 0.802.